The summed E-state index contributed by atoms with van der Waals surface area (Å²) in [5.74, 6) is 4.72. The molecule has 0 saturated heterocycles. The van der Waals surface area contributed by atoms with Crippen molar-refractivity contribution in [3.63, 3.8) is 0 Å². The minimum atomic E-state index is 0.412. The number of hydrogen-bond donors (Lipinski definition) is 1. The van der Waals surface area contributed by atoms with E-state index in [0.29, 0.717) is 29.8 Å². The van der Waals surface area contributed by atoms with Gasteiger partial charge in [0.05, 0.1) is 6.26 Å². The fourth-order valence-electron chi connectivity index (χ4n) is 6.52. The lowest BCUT2D eigenvalue weighted by Gasteiger charge is -2.52. The molecule has 3 saturated carbocycles. The van der Waals surface area contributed by atoms with Crippen LogP contribution in [0.2, 0.25) is 0 Å². The molecule has 4 aliphatic carbocycles. The second kappa shape index (κ2) is 4.25. The largest absolute Gasteiger partial charge is 0.465 e. The molecule has 1 aromatic rings. The molecule has 1 aromatic heterocycles. The maximum absolute atomic E-state index is 9.71. The molecule has 4 unspecified atom stereocenters. The Balaban J connectivity index is 1.52. The maximum Gasteiger partial charge on any atom is 0.129 e. The van der Waals surface area contributed by atoms with E-state index in [9.17, 15) is 5.11 Å². The molecule has 1 spiro atoms. The Morgan fingerprint density at radius 2 is 2.19 bits per heavy atom. The van der Waals surface area contributed by atoms with Crippen molar-refractivity contribution >= 4 is 6.08 Å². The van der Waals surface area contributed by atoms with Gasteiger partial charge in [-0.3, -0.25) is 0 Å². The summed E-state index contributed by atoms with van der Waals surface area (Å²) in [6.45, 7) is 0.412. The smallest absolute Gasteiger partial charge is 0.129 e. The lowest BCUT2D eigenvalue weighted by Crippen LogP contribution is -2.43. The third kappa shape index (κ3) is 1.57. The Bertz CT molecular complexity index is 586. The van der Waals surface area contributed by atoms with Crippen LogP contribution in [0.15, 0.2) is 22.8 Å². The van der Waals surface area contributed by atoms with Crippen LogP contribution < -0.4 is 0 Å². The van der Waals surface area contributed by atoms with Crippen LogP contribution in [-0.4, -0.2) is 11.7 Å². The molecule has 1 heterocycles. The fraction of sp³-hybridized carbons (Fsp3) is 0.684. The number of fused-ring (bicyclic) bond motifs is 5. The lowest BCUT2D eigenvalue weighted by molar-refractivity contribution is 0.0184. The molecule has 3 fully saturated rings. The Morgan fingerprint density at radius 1 is 1.24 bits per heavy atom. The van der Waals surface area contributed by atoms with Crippen molar-refractivity contribution in [1.29, 1.82) is 0 Å². The molecule has 2 heteroatoms. The summed E-state index contributed by atoms with van der Waals surface area (Å²) in [5.41, 5.74) is 2.00. The molecule has 4 aliphatic rings. The highest BCUT2D eigenvalue weighted by Crippen LogP contribution is 2.66. The third-order valence-corrected chi connectivity index (χ3v) is 7.35. The second-order valence-corrected chi connectivity index (χ2v) is 7.98. The first-order chi connectivity index (χ1) is 10.3. The molecule has 0 radical (unpaired) electrons. The van der Waals surface area contributed by atoms with Gasteiger partial charge in [0.15, 0.2) is 0 Å². The molecule has 21 heavy (non-hydrogen) atoms. The van der Waals surface area contributed by atoms with Crippen molar-refractivity contribution in [2.75, 3.05) is 6.61 Å². The van der Waals surface area contributed by atoms with E-state index in [1.54, 1.807) is 0 Å². The molecule has 112 valence electrons. The van der Waals surface area contributed by atoms with Crippen LogP contribution in [0.4, 0.5) is 0 Å². The standard InChI is InChI=1S/C19H24O2/c20-11-13-10-19-7-5-14-15(17(19)3-1-12(13)9-19)2-4-18-16(14)6-8-21-18/h2,4,6,8,12-15,17,20H,1,3,5,7,9-11H2/t12-,13?,14?,15?,17?,19+/m1/s1. The SMILES string of the molecule is OCC1C[C@@]23CCC4c5ccoc5C=CC4C2CC[C@@H]1C3. The van der Waals surface area contributed by atoms with E-state index in [2.05, 4.69) is 18.2 Å². The van der Waals surface area contributed by atoms with Gasteiger partial charge in [0.1, 0.15) is 5.76 Å². The molecule has 6 atom stereocenters. The second-order valence-electron chi connectivity index (χ2n) is 7.98. The third-order valence-electron chi connectivity index (χ3n) is 7.35. The monoisotopic (exact) mass is 284 g/mol. The van der Waals surface area contributed by atoms with Crippen molar-refractivity contribution in [3.8, 4) is 0 Å². The average Bonchev–Trinajstić information content (AvgIpc) is 3.09. The zero-order valence-corrected chi connectivity index (χ0v) is 12.5. The van der Waals surface area contributed by atoms with Crippen molar-refractivity contribution < 1.29 is 9.52 Å². The molecule has 1 N–H and O–H groups in total. The maximum atomic E-state index is 9.71. The first-order valence-corrected chi connectivity index (χ1v) is 8.67. The van der Waals surface area contributed by atoms with E-state index in [-0.39, 0.29) is 0 Å². The van der Waals surface area contributed by atoms with Crippen molar-refractivity contribution in [2.24, 2.45) is 29.1 Å². The summed E-state index contributed by atoms with van der Waals surface area (Å²) < 4.78 is 5.62. The molecule has 2 nitrogen and oxygen atoms in total. The first-order valence-electron chi connectivity index (χ1n) is 8.67. The van der Waals surface area contributed by atoms with Crippen LogP contribution >= 0.6 is 0 Å². The molecule has 5 rings (SSSR count). The molecular weight excluding hydrogens is 260 g/mol. The zero-order chi connectivity index (χ0) is 14.0. The first kappa shape index (κ1) is 12.5. The van der Waals surface area contributed by atoms with Crippen LogP contribution in [0.25, 0.3) is 6.08 Å². The zero-order valence-electron chi connectivity index (χ0n) is 12.5. The summed E-state index contributed by atoms with van der Waals surface area (Å²) in [7, 11) is 0. The van der Waals surface area contributed by atoms with Gasteiger partial charge in [-0.25, -0.2) is 0 Å². The van der Waals surface area contributed by atoms with Crippen LogP contribution in [-0.2, 0) is 0 Å². The van der Waals surface area contributed by atoms with E-state index in [4.69, 9.17) is 4.42 Å². The van der Waals surface area contributed by atoms with Gasteiger partial charge in [-0.15, -0.1) is 0 Å². The Kier molecular flexibility index (Phi) is 2.54. The van der Waals surface area contributed by atoms with Crippen LogP contribution in [0.1, 0.15) is 55.8 Å². The normalized spacial score (nSPS) is 46.8. The van der Waals surface area contributed by atoms with Crippen molar-refractivity contribution in [3.05, 3.63) is 29.7 Å². The minimum absolute atomic E-state index is 0.412. The van der Waals surface area contributed by atoms with Crippen molar-refractivity contribution in [2.45, 2.75) is 44.4 Å². The van der Waals surface area contributed by atoms with Gasteiger partial charge in [0.25, 0.3) is 0 Å². The molecule has 0 aliphatic heterocycles. The van der Waals surface area contributed by atoms with Crippen LogP contribution in [0.5, 0.6) is 0 Å². The van der Waals surface area contributed by atoms with Crippen molar-refractivity contribution in [1.82, 2.24) is 0 Å². The summed E-state index contributed by atoms with van der Waals surface area (Å²) in [6, 6.07) is 2.20. The highest BCUT2D eigenvalue weighted by Gasteiger charge is 2.57. The highest BCUT2D eigenvalue weighted by molar-refractivity contribution is 5.53. The summed E-state index contributed by atoms with van der Waals surface area (Å²) in [6.07, 6.45) is 14.6. The summed E-state index contributed by atoms with van der Waals surface area (Å²) in [5, 5.41) is 9.71. The van der Waals surface area contributed by atoms with Gasteiger partial charge < -0.3 is 9.52 Å². The number of hydrogen-bond acceptors (Lipinski definition) is 2. The van der Waals surface area contributed by atoms with Gasteiger partial charge in [-0.05, 0) is 85.7 Å². The fourth-order valence-corrected chi connectivity index (χ4v) is 6.52. The Morgan fingerprint density at radius 3 is 3.10 bits per heavy atom. The Hall–Kier alpha value is -1.02. The lowest BCUT2D eigenvalue weighted by atomic mass is 9.52. The quantitative estimate of drug-likeness (QED) is 0.838. The Labute approximate surface area is 126 Å². The van der Waals surface area contributed by atoms with Crippen LogP contribution in [0.3, 0.4) is 0 Å². The van der Waals surface area contributed by atoms with Gasteiger partial charge in [0.2, 0.25) is 0 Å². The van der Waals surface area contributed by atoms with E-state index >= 15 is 0 Å². The van der Waals surface area contributed by atoms with E-state index < -0.39 is 0 Å². The number of allylic oxidation sites excluding steroid dienone is 1. The summed E-state index contributed by atoms with van der Waals surface area (Å²) in [4.78, 5) is 0. The van der Waals surface area contributed by atoms with Gasteiger partial charge >= 0.3 is 0 Å². The molecule has 2 bridgehead atoms. The molecule has 0 aromatic carbocycles. The molecular formula is C19H24O2. The number of furan rings is 1. The molecule has 0 amide bonds. The predicted molar refractivity (Wildman–Crippen MR) is 81.7 cm³/mol. The minimum Gasteiger partial charge on any atom is -0.465 e. The van der Waals surface area contributed by atoms with E-state index in [1.165, 1.54) is 44.1 Å². The van der Waals surface area contributed by atoms with Crippen LogP contribution in [0, 0.1) is 29.1 Å². The number of aliphatic hydroxyl groups excluding tert-OH is 1. The van der Waals surface area contributed by atoms with Gasteiger partial charge in [-0.2, -0.15) is 0 Å². The van der Waals surface area contributed by atoms with Gasteiger partial charge in [-0.1, -0.05) is 6.08 Å². The predicted octanol–water partition coefficient (Wildman–Crippen LogP) is 4.21. The number of rotatable bonds is 1. The number of aliphatic hydroxyl groups is 1. The van der Waals surface area contributed by atoms with E-state index in [0.717, 1.165) is 17.6 Å². The van der Waals surface area contributed by atoms with E-state index in [1.807, 2.05) is 6.26 Å². The highest BCUT2D eigenvalue weighted by atomic mass is 16.3. The topological polar surface area (TPSA) is 33.4 Å². The average molecular weight is 284 g/mol. The summed E-state index contributed by atoms with van der Waals surface area (Å²) >= 11 is 0. The van der Waals surface area contributed by atoms with Gasteiger partial charge in [0, 0.05) is 12.2 Å².